The minimum Gasteiger partial charge on any atom is -0.480 e. The lowest BCUT2D eigenvalue weighted by Gasteiger charge is -2.23. The Morgan fingerprint density at radius 1 is 1.05 bits per heavy atom. The van der Waals surface area contributed by atoms with Crippen LogP contribution in [0.15, 0.2) is 18.2 Å². The zero-order valence-electron chi connectivity index (χ0n) is 12.2. The highest BCUT2D eigenvalue weighted by Gasteiger charge is 2.27. The molecule has 1 aromatic rings. The first-order valence-corrected chi connectivity index (χ1v) is 6.14. The van der Waals surface area contributed by atoms with Gasteiger partial charge in [0.25, 0.3) is 0 Å². The number of nitrogens with one attached hydrogen (secondary N) is 1. The van der Waals surface area contributed by atoms with Crippen molar-refractivity contribution in [3.63, 3.8) is 0 Å². The van der Waals surface area contributed by atoms with Gasteiger partial charge in [-0.1, -0.05) is 0 Å². The van der Waals surface area contributed by atoms with Crippen LogP contribution in [-0.2, 0) is 14.4 Å². The van der Waals surface area contributed by atoms with Gasteiger partial charge in [0, 0.05) is 25.6 Å². The van der Waals surface area contributed by atoms with E-state index in [0.717, 1.165) is 0 Å². The number of carboxylic acids is 1. The van der Waals surface area contributed by atoms with Crippen LogP contribution in [-0.4, -0.2) is 28.6 Å². The molecule has 7 nitrogen and oxygen atoms in total. The summed E-state index contributed by atoms with van der Waals surface area (Å²) in [5.74, 6) is -2.08. The molecular weight excluding hydrogens is 278 g/mol. The average Bonchev–Trinajstić information content (AvgIpc) is 2.30. The number of carboxylic acid groups (broad SMARTS) is 1. The molecular formula is C14H17NO6. The van der Waals surface area contributed by atoms with Crippen LogP contribution in [0.3, 0.4) is 0 Å². The fourth-order valence-electron chi connectivity index (χ4n) is 1.47. The summed E-state index contributed by atoms with van der Waals surface area (Å²) in [5, 5.41) is 11.9. The molecule has 0 heterocycles. The van der Waals surface area contributed by atoms with Crippen LogP contribution in [0.4, 0.5) is 5.69 Å². The largest absolute Gasteiger partial charge is 0.480 e. The van der Waals surface area contributed by atoms with E-state index in [-0.39, 0.29) is 11.5 Å². The third kappa shape index (κ3) is 4.79. The highest BCUT2D eigenvalue weighted by Crippen LogP contribution is 2.32. The Bertz CT molecular complexity index is 579. The van der Waals surface area contributed by atoms with E-state index in [0.29, 0.717) is 5.69 Å². The van der Waals surface area contributed by atoms with Crippen LogP contribution in [0.2, 0.25) is 0 Å². The molecule has 1 rings (SSSR count). The maximum atomic E-state index is 11.1. The molecule has 0 aliphatic rings. The van der Waals surface area contributed by atoms with E-state index >= 15 is 0 Å². The molecule has 2 N–H and O–H groups in total. The van der Waals surface area contributed by atoms with Gasteiger partial charge in [0.15, 0.2) is 11.5 Å². The summed E-state index contributed by atoms with van der Waals surface area (Å²) in [5.41, 5.74) is -0.800. The van der Waals surface area contributed by atoms with Crippen LogP contribution < -0.4 is 14.8 Å². The zero-order valence-corrected chi connectivity index (χ0v) is 12.2. The Kier molecular flexibility index (Phi) is 4.91. The minimum atomic E-state index is -1.21. The van der Waals surface area contributed by atoms with Crippen molar-refractivity contribution in [2.75, 3.05) is 5.32 Å². The van der Waals surface area contributed by atoms with Gasteiger partial charge in [0.05, 0.1) is 0 Å². The third-order valence-electron chi connectivity index (χ3n) is 2.44. The van der Waals surface area contributed by atoms with Gasteiger partial charge in [-0.2, -0.15) is 0 Å². The molecule has 0 fully saturated rings. The van der Waals surface area contributed by atoms with Crippen LogP contribution >= 0.6 is 0 Å². The smallest absolute Gasteiger partial charge is 0.328 e. The van der Waals surface area contributed by atoms with Gasteiger partial charge in [0.1, 0.15) is 5.54 Å². The summed E-state index contributed by atoms with van der Waals surface area (Å²) in [6.07, 6.45) is 0. The van der Waals surface area contributed by atoms with Crippen LogP contribution in [0.1, 0.15) is 27.7 Å². The molecule has 0 amide bonds. The van der Waals surface area contributed by atoms with E-state index in [1.54, 1.807) is 0 Å². The Morgan fingerprint density at radius 2 is 1.57 bits per heavy atom. The topological polar surface area (TPSA) is 102 Å². The lowest BCUT2D eigenvalue weighted by Crippen LogP contribution is -2.39. The Hall–Kier alpha value is -2.57. The summed E-state index contributed by atoms with van der Waals surface area (Å²) >= 11 is 0. The maximum Gasteiger partial charge on any atom is 0.328 e. The van der Waals surface area contributed by atoms with Gasteiger partial charge in [-0.25, -0.2) is 4.79 Å². The molecule has 0 saturated heterocycles. The number of aliphatic carboxylic acids is 1. The fourth-order valence-corrected chi connectivity index (χ4v) is 1.47. The van der Waals surface area contributed by atoms with E-state index in [1.165, 1.54) is 45.9 Å². The first-order chi connectivity index (χ1) is 9.61. The third-order valence-corrected chi connectivity index (χ3v) is 2.44. The van der Waals surface area contributed by atoms with Crippen molar-refractivity contribution in [3.8, 4) is 11.5 Å². The summed E-state index contributed by atoms with van der Waals surface area (Å²) in [6, 6.07) is 4.33. The second-order valence-corrected chi connectivity index (χ2v) is 4.90. The Labute approximate surface area is 121 Å². The molecule has 114 valence electrons. The van der Waals surface area contributed by atoms with Crippen molar-refractivity contribution < 1.29 is 29.0 Å². The predicted molar refractivity (Wildman–Crippen MR) is 74.4 cm³/mol. The normalized spacial score (nSPS) is 10.7. The molecule has 0 atom stereocenters. The van der Waals surface area contributed by atoms with Gasteiger partial charge < -0.3 is 19.9 Å². The molecule has 0 aliphatic carbocycles. The fraction of sp³-hybridized carbons (Fsp3) is 0.357. The summed E-state index contributed by atoms with van der Waals surface area (Å²) < 4.78 is 9.88. The van der Waals surface area contributed by atoms with Crippen molar-refractivity contribution in [3.05, 3.63) is 18.2 Å². The van der Waals surface area contributed by atoms with Crippen molar-refractivity contribution in [2.24, 2.45) is 0 Å². The van der Waals surface area contributed by atoms with Crippen LogP contribution in [0.5, 0.6) is 11.5 Å². The van der Waals surface area contributed by atoms with E-state index in [9.17, 15) is 14.4 Å². The van der Waals surface area contributed by atoms with Crippen molar-refractivity contribution in [2.45, 2.75) is 33.2 Å². The number of rotatable bonds is 5. The number of hydrogen-bond donors (Lipinski definition) is 2. The molecule has 0 radical (unpaired) electrons. The molecule has 0 unspecified atom stereocenters. The van der Waals surface area contributed by atoms with Crippen LogP contribution in [0, 0.1) is 0 Å². The van der Waals surface area contributed by atoms with E-state index in [1.807, 2.05) is 0 Å². The number of benzene rings is 1. The van der Waals surface area contributed by atoms with Crippen molar-refractivity contribution in [1.82, 2.24) is 0 Å². The second kappa shape index (κ2) is 6.25. The molecule has 0 spiro atoms. The minimum absolute atomic E-state index is 0.0314. The number of carbonyl (C=O) groups is 3. The van der Waals surface area contributed by atoms with E-state index in [2.05, 4.69) is 5.32 Å². The van der Waals surface area contributed by atoms with E-state index in [4.69, 9.17) is 14.6 Å². The predicted octanol–water partition coefficient (Wildman–Crippen LogP) is 1.81. The number of ether oxygens (including phenoxy) is 2. The molecule has 0 bridgehead atoms. The molecule has 7 heteroatoms. The van der Waals surface area contributed by atoms with Crippen LogP contribution in [0.25, 0.3) is 0 Å². The number of esters is 2. The number of hydrogen-bond acceptors (Lipinski definition) is 6. The summed E-state index contributed by atoms with van der Waals surface area (Å²) in [4.78, 5) is 33.2. The average molecular weight is 295 g/mol. The number of anilines is 1. The molecule has 0 aromatic heterocycles. The molecule has 0 saturated carbocycles. The second-order valence-electron chi connectivity index (χ2n) is 4.90. The molecule has 1 aromatic carbocycles. The van der Waals surface area contributed by atoms with Crippen molar-refractivity contribution in [1.29, 1.82) is 0 Å². The first kappa shape index (κ1) is 16.5. The zero-order chi connectivity index (χ0) is 16.2. The standard InChI is InChI=1S/C14H17NO6/c1-8(16)20-11-6-5-10(7-12(11)21-9(2)17)15-14(3,4)13(18)19/h5-7,15H,1-4H3,(H,18,19). The Balaban J connectivity index is 3.11. The molecule has 0 aliphatic heterocycles. The van der Waals surface area contributed by atoms with E-state index < -0.39 is 23.4 Å². The summed E-state index contributed by atoms with van der Waals surface area (Å²) in [6.45, 7) is 5.40. The summed E-state index contributed by atoms with van der Waals surface area (Å²) in [7, 11) is 0. The van der Waals surface area contributed by atoms with Gasteiger partial charge in [-0.3, -0.25) is 9.59 Å². The van der Waals surface area contributed by atoms with Crippen molar-refractivity contribution >= 4 is 23.6 Å². The lowest BCUT2D eigenvalue weighted by molar-refractivity contribution is -0.141. The Morgan fingerprint density at radius 3 is 2.05 bits per heavy atom. The number of carbonyl (C=O) groups excluding carboxylic acids is 2. The first-order valence-electron chi connectivity index (χ1n) is 6.14. The van der Waals surface area contributed by atoms with Gasteiger partial charge in [-0.05, 0) is 26.0 Å². The van der Waals surface area contributed by atoms with Gasteiger partial charge >= 0.3 is 17.9 Å². The highest BCUT2D eigenvalue weighted by atomic mass is 16.6. The molecule has 21 heavy (non-hydrogen) atoms. The lowest BCUT2D eigenvalue weighted by atomic mass is 10.1. The monoisotopic (exact) mass is 295 g/mol. The van der Waals surface area contributed by atoms with Gasteiger partial charge in [-0.15, -0.1) is 0 Å². The SMILES string of the molecule is CC(=O)Oc1ccc(NC(C)(C)C(=O)O)cc1OC(C)=O. The van der Waals surface area contributed by atoms with Gasteiger partial charge in [0.2, 0.25) is 0 Å². The quantitative estimate of drug-likeness (QED) is 0.631. The highest BCUT2D eigenvalue weighted by molar-refractivity contribution is 5.82. The maximum absolute atomic E-state index is 11.1.